The van der Waals surface area contributed by atoms with Crippen LogP contribution in [0.1, 0.15) is 56.6 Å². The maximum Gasteiger partial charge on any atom is 0.166 e. The van der Waals surface area contributed by atoms with Gasteiger partial charge in [0.15, 0.2) is 6.29 Å². The fourth-order valence-electron chi connectivity index (χ4n) is 3.23. The van der Waals surface area contributed by atoms with E-state index in [2.05, 4.69) is 24.4 Å². The molecular weight excluding hydrogens is 296 g/mol. The van der Waals surface area contributed by atoms with Crippen LogP contribution in [0.5, 0.6) is 0 Å². The molecule has 0 bridgehead atoms. The quantitative estimate of drug-likeness (QED) is 0.806. The van der Waals surface area contributed by atoms with Crippen LogP contribution < -0.4 is 5.32 Å². The van der Waals surface area contributed by atoms with Crippen molar-refractivity contribution in [2.75, 3.05) is 6.54 Å². The van der Waals surface area contributed by atoms with Gasteiger partial charge in [-0.1, -0.05) is 50.5 Å². The number of hydrogen-bond donors (Lipinski definition) is 1. The SMILES string of the molecule is CCC[C@H]1CCCCCN/C(C=O)=C1/C=C/c1ccc(C#N)cc1. The molecule has 0 amide bonds. The molecule has 24 heavy (non-hydrogen) atoms. The van der Waals surface area contributed by atoms with Crippen molar-refractivity contribution in [1.82, 2.24) is 5.32 Å². The number of allylic oxidation sites excluding steroid dienone is 3. The first kappa shape index (κ1) is 18.0. The van der Waals surface area contributed by atoms with Gasteiger partial charge in [0.1, 0.15) is 0 Å². The van der Waals surface area contributed by atoms with Gasteiger partial charge >= 0.3 is 0 Å². The summed E-state index contributed by atoms with van der Waals surface area (Å²) >= 11 is 0. The molecule has 1 aliphatic rings. The number of rotatable bonds is 5. The fourth-order valence-corrected chi connectivity index (χ4v) is 3.23. The number of carbonyl (C=O) groups excluding carboxylic acids is 1. The predicted molar refractivity (Wildman–Crippen MR) is 98.1 cm³/mol. The van der Waals surface area contributed by atoms with Gasteiger partial charge in [-0.25, -0.2) is 0 Å². The summed E-state index contributed by atoms with van der Waals surface area (Å²) in [6.07, 6.45) is 12.0. The van der Waals surface area contributed by atoms with Crippen LogP contribution in [0.3, 0.4) is 0 Å². The van der Waals surface area contributed by atoms with Crippen molar-refractivity contribution in [3.8, 4) is 6.07 Å². The molecule has 2 rings (SSSR count). The van der Waals surface area contributed by atoms with Crippen LogP contribution in [0, 0.1) is 17.2 Å². The topological polar surface area (TPSA) is 52.9 Å². The lowest BCUT2D eigenvalue weighted by atomic mass is 9.87. The smallest absolute Gasteiger partial charge is 0.166 e. The molecule has 1 aliphatic heterocycles. The average molecular weight is 322 g/mol. The summed E-state index contributed by atoms with van der Waals surface area (Å²) in [5.74, 6) is 0.426. The zero-order valence-corrected chi connectivity index (χ0v) is 14.4. The van der Waals surface area contributed by atoms with Crippen molar-refractivity contribution in [3.05, 3.63) is 52.7 Å². The number of nitrogens with one attached hydrogen (secondary N) is 1. The molecule has 0 saturated carbocycles. The second-order valence-electron chi connectivity index (χ2n) is 6.32. The van der Waals surface area contributed by atoms with E-state index in [1.807, 2.05) is 30.3 Å². The first-order valence-electron chi connectivity index (χ1n) is 8.90. The normalized spacial score (nSPS) is 22.1. The minimum atomic E-state index is 0.426. The highest BCUT2D eigenvalue weighted by molar-refractivity contribution is 5.76. The number of nitriles is 1. The molecule has 1 N–H and O–H groups in total. The van der Waals surface area contributed by atoms with Gasteiger partial charge < -0.3 is 5.32 Å². The highest BCUT2D eigenvalue weighted by Crippen LogP contribution is 2.28. The highest BCUT2D eigenvalue weighted by atomic mass is 16.1. The van der Waals surface area contributed by atoms with Crippen LogP contribution in [-0.2, 0) is 4.79 Å². The number of hydrogen-bond acceptors (Lipinski definition) is 3. The lowest BCUT2D eigenvalue weighted by molar-refractivity contribution is -0.105. The third-order valence-corrected chi connectivity index (χ3v) is 4.55. The van der Waals surface area contributed by atoms with E-state index in [1.54, 1.807) is 0 Å². The molecule has 0 aliphatic carbocycles. The summed E-state index contributed by atoms with van der Waals surface area (Å²) in [6, 6.07) is 9.65. The molecule has 1 aromatic carbocycles. The fraction of sp³-hybridized carbons (Fsp3) is 0.429. The van der Waals surface area contributed by atoms with E-state index in [9.17, 15) is 4.79 Å². The van der Waals surface area contributed by atoms with E-state index in [0.29, 0.717) is 11.5 Å². The Labute approximate surface area is 145 Å². The molecule has 0 aromatic heterocycles. The van der Waals surface area contributed by atoms with Crippen molar-refractivity contribution < 1.29 is 4.79 Å². The number of nitrogens with zero attached hydrogens (tertiary/aromatic N) is 1. The number of aldehydes is 1. The van der Waals surface area contributed by atoms with Gasteiger partial charge in [-0.15, -0.1) is 0 Å². The Kier molecular flexibility index (Phi) is 7.29. The first-order chi connectivity index (χ1) is 11.8. The third-order valence-electron chi connectivity index (χ3n) is 4.55. The number of benzene rings is 1. The molecule has 0 unspecified atom stereocenters. The summed E-state index contributed by atoms with van der Waals surface area (Å²) in [4.78, 5) is 11.6. The Morgan fingerprint density at radius 1 is 1.21 bits per heavy atom. The summed E-state index contributed by atoms with van der Waals surface area (Å²) in [5.41, 5.74) is 3.56. The molecule has 1 heterocycles. The van der Waals surface area contributed by atoms with Gasteiger partial charge in [0.25, 0.3) is 0 Å². The maximum absolute atomic E-state index is 11.6. The second-order valence-corrected chi connectivity index (χ2v) is 6.32. The Morgan fingerprint density at radius 3 is 2.67 bits per heavy atom. The van der Waals surface area contributed by atoms with Gasteiger partial charge in [0.2, 0.25) is 0 Å². The van der Waals surface area contributed by atoms with E-state index in [4.69, 9.17) is 5.26 Å². The van der Waals surface area contributed by atoms with E-state index < -0.39 is 0 Å². The van der Waals surface area contributed by atoms with E-state index in [0.717, 1.165) is 55.3 Å². The zero-order valence-electron chi connectivity index (χ0n) is 14.4. The summed E-state index contributed by atoms with van der Waals surface area (Å²) in [7, 11) is 0. The van der Waals surface area contributed by atoms with Crippen LogP contribution in [-0.4, -0.2) is 12.8 Å². The van der Waals surface area contributed by atoms with E-state index >= 15 is 0 Å². The largest absolute Gasteiger partial charge is 0.382 e. The second kappa shape index (κ2) is 9.72. The highest BCUT2D eigenvalue weighted by Gasteiger charge is 2.17. The summed E-state index contributed by atoms with van der Waals surface area (Å²) in [6.45, 7) is 3.06. The lowest BCUT2D eigenvalue weighted by Gasteiger charge is -2.19. The standard InChI is InChI=1S/C21H26N2O/c1-2-6-19-7-4-3-5-14-23-21(16-24)20(19)13-12-17-8-10-18(15-22)11-9-17/h8-13,16,19,23H,2-7,14H2,1H3/b13-12+,21-20-/t19-/m0/s1. The van der Waals surface area contributed by atoms with Gasteiger partial charge in [0, 0.05) is 6.54 Å². The van der Waals surface area contributed by atoms with Crippen LogP contribution >= 0.6 is 0 Å². The maximum atomic E-state index is 11.6. The molecule has 0 saturated heterocycles. The molecule has 3 nitrogen and oxygen atoms in total. The summed E-state index contributed by atoms with van der Waals surface area (Å²) in [5, 5.41) is 12.2. The Hall–Kier alpha value is -2.34. The van der Waals surface area contributed by atoms with E-state index in [1.165, 1.54) is 12.8 Å². The lowest BCUT2D eigenvalue weighted by Crippen LogP contribution is -2.19. The minimum Gasteiger partial charge on any atom is -0.382 e. The van der Waals surface area contributed by atoms with Crippen molar-refractivity contribution in [1.29, 1.82) is 5.26 Å². The molecule has 0 spiro atoms. The molecular formula is C21H26N2O. The van der Waals surface area contributed by atoms with Gasteiger partial charge in [0.05, 0.1) is 17.3 Å². The molecule has 0 fully saturated rings. The van der Waals surface area contributed by atoms with Crippen LogP contribution in [0.15, 0.2) is 41.6 Å². The Morgan fingerprint density at radius 2 is 2.00 bits per heavy atom. The van der Waals surface area contributed by atoms with Gasteiger partial charge in [-0.2, -0.15) is 5.26 Å². The third kappa shape index (κ3) is 5.09. The van der Waals surface area contributed by atoms with Crippen LogP contribution in [0.4, 0.5) is 0 Å². The molecule has 1 atom stereocenters. The summed E-state index contributed by atoms with van der Waals surface area (Å²) < 4.78 is 0. The van der Waals surface area contributed by atoms with Crippen LogP contribution in [0.25, 0.3) is 6.08 Å². The first-order valence-corrected chi connectivity index (χ1v) is 8.90. The monoisotopic (exact) mass is 322 g/mol. The van der Waals surface area contributed by atoms with Crippen molar-refractivity contribution in [3.63, 3.8) is 0 Å². The average Bonchev–Trinajstić information content (AvgIpc) is 2.71. The van der Waals surface area contributed by atoms with E-state index in [-0.39, 0.29) is 0 Å². The van der Waals surface area contributed by atoms with Crippen molar-refractivity contribution in [2.45, 2.75) is 45.4 Å². The molecule has 126 valence electrons. The zero-order chi connectivity index (χ0) is 17.2. The van der Waals surface area contributed by atoms with Crippen LogP contribution in [0.2, 0.25) is 0 Å². The molecule has 1 aromatic rings. The van der Waals surface area contributed by atoms with Crippen molar-refractivity contribution in [2.24, 2.45) is 5.92 Å². The van der Waals surface area contributed by atoms with Gasteiger partial charge in [-0.05, 0) is 48.4 Å². The van der Waals surface area contributed by atoms with Gasteiger partial charge in [-0.3, -0.25) is 4.79 Å². The number of carbonyl (C=O) groups is 1. The predicted octanol–water partition coefficient (Wildman–Crippen LogP) is 4.60. The Balaban J connectivity index is 2.30. The Bertz CT molecular complexity index is 635. The molecule has 3 heteroatoms. The molecule has 0 radical (unpaired) electrons. The van der Waals surface area contributed by atoms with Crippen molar-refractivity contribution >= 4 is 12.4 Å². The minimum absolute atomic E-state index is 0.426.